The van der Waals surface area contributed by atoms with Gasteiger partial charge in [0.2, 0.25) is 0 Å². The summed E-state index contributed by atoms with van der Waals surface area (Å²) >= 11 is 0. The number of allylic oxidation sites excluding steroid dienone is 1. The van der Waals surface area contributed by atoms with Gasteiger partial charge in [-0.25, -0.2) is 0 Å². The van der Waals surface area contributed by atoms with Crippen molar-refractivity contribution in [2.24, 2.45) is 0 Å². The Balaban J connectivity index is 2.54. The molecule has 0 amide bonds. The SMILES string of the molecule is C=CCc1ccc(OCC(C)=O)cc1. The Morgan fingerprint density at radius 3 is 2.57 bits per heavy atom. The molecule has 2 nitrogen and oxygen atoms in total. The van der Waals surface area contributed by atoms with Gasteiger partial charge in [-0.05, 0) is 31.0 Å². The average molecular weight is 190 g/mol. The Bertz CT molecular complexity index is 312. The first-order chi connectivity index (χ1) is 6.72. The number of Topliss-reactive ketones (excluding diaryl/α,β-unsaturated/α-hetero) is 1. The van der Waals surface area contributed by atoms with E-state index in [1.807, 2.05) is 30.3 Å². The molecule has 0 aliphatic rings. The van der Waals surface area contributed by atoms with Crippen LogP contribution in [0.2, 0.25) is 0 Å². The zero-order chi connectivity index (χ0) is 10.4. The van der Waals surface area contributed by atoms with Crippen molar-refractivity contribution in [3.8, 4) is 5.75 Å². The van der Waals surface area contributed by atoms with Gasteiger partial charge >= 0.3 is 0 Å². The number of ketones is 1. The highest BCUT2D eigenvalue weighted by Gasteiger charge is 1.96. The van der Waals surface area contributed by atoms with E-state index >= 15 is 0 Å². The van der Waals surface area contributed by atoms with E-state index in [9.17, 15) is 4.79 Å². The highest BCUT2D eigenvalue weighted by molar-refractivity contribution is 5.77. The average Bonchev–Trinajstić information content (AvgIpc) is 2.17. The maximum Gasteiger partial charge on any atom is 0.167 e. The lowest BCUT2D eigenvalue weighted by molar-refractivity contribution is -0.118. The first kappa shape index (κ1) is 10.5. The monoisotopic (exact) mass is 190 g/mol. The number of rotatable bonds is 5. The van der Waals surface area contributed by atoms with Gasteiger partial charge in [-0.15, -0.1) is 6.58 Å². The summed E-state index contributed by atoms with van der Waals surface area (Å²) in [6.07, 6.45) is 2.71. The Labute approximate surface area is 84.2 Å². The molecule has 0 bridgehead atoms. The zero-order valence-corrected chi connectivity index (χ0v) is 8.32. The number of ether oxygens (including phenoxy) is 1. The van der Waals surface area contributed by atoms with Crippen LogP contribution in [0.25, 0.3) is 0 Å². The Morgan fingerprint density at radius 1 is 1.43 bits per heavy atom. The van der Waals surface area contributed by atoms with Gasteiger partial charge in [-0.3, -0.25) is 4.79 Å². The van der Waals surface area contributed by atoms with Gasteiger partial charge in [-0.2, -0.15) is 0 Å². The Morgan fingerprint density at radius 2 is 2.07 bits per heavy atom. The van der Waals surface area contributed by atoms with E-state index in [4.69, 9.17) is 4.74 Å². The second kappa shape index (κ2) is 5.22. The molecule has 0 fully saturated rings. The normalized spacial score (nSPS) is 9.50. The third-order valence-electron chi connectivity index (χ3n) is 1.75. The molecular weight excluding hydrogens is 176 g/mol. The fraction of sp³-hybridized carbons (Fsp3) is 0.250. The lowest BCUT2D eigenvalue weighted by Gasteiger charge is -2.04. The molecular formula is C12H14O2. The minimum absolute atomic E-state index is 0.0279. The molecule has 0 atom stereocenters. The van der Waals surface area contributed by atoms with Crippen molar-refractivity contribution in [1.82, 2.24) is 0 Å². The van der Waals surface area contributed by atoms with Crippen molar-refractivity contribution in [3.63, 3.8) is 0 Å². The van der Waals surface area contributed by atoms with Crippen molar-refractivity contribution >= 4 is 5.78 Å². The quantitative estimate of drug-likeness (QED) is 0.666. The van der Waals surface area contributed by atoms with Crippen LogP contribution in [-0.2, 0) is 11.2 Å². The van der Waals surface area contributed by atoms with Crippen molar-refractivity contribution < 1.29 is 9.53 Å². The van der Waals surface area contributed by atoms with Gasteiger partial charge in [0.25, 0.3) is 0 Å². The van der Waals surface area contributed by atoms with Crippen LogP contribution < -0.4 is 4.74 Å². The van der Waals surface area contributed by atoms with Gasteiger partial charge in [-0.1, -0.05) is 18.2 Å². The Hall–Kier alpha value is -1.57. The van der Waals surface area contributed by atoms with Crippen LogP contribution in [0.15, 0.2) is 36.9 Å². The summed E-state index contributed by atoms with van der Waals surface area (Å²) in [6.45, 7) is 5.31. The number of hydrogen-bond acceptors (Lipinski definition) is 2. The second-order valence-corrected chi connectivity index (χ2v) is 3.13. The minimum Gasteiger partial charge on any atom is -0.486 e. The van der Waals surface area contributed by atoms with E-state index in [1.165, 1.54) is 12.5 Å². The van der Waals surface area contributed by atoms with E-state index in [0.29, 0.717) is 0 Å². The predicted molar refractivity (Wildman–Crippen MR) is 56.5 cm³/mol. The molecule has 1 rings (SSSR count). The zero-order valence-electron chi connectivity index (χ0n) is 8.32. The highest BCUT2D eigenvalue weighted by Crippen LogP contribution is 2.12. The summed E-state index contributed by atoms with van der Waals surface area (Å²) in [6, 6.07) is 7.66. The molecule has 0 heterocycles. The van der Waals surface area contributed by atoms with Crippen molar-refractivity contribution in [3.05, 3.63) is 42.5 Å². The van der Waals surface area contributed by atoms with Gasteiger partial charge in [0.1, 0.15) is 12.4 Å². The minimum atomic E-state index is 0.0279. The van der Waals surface area contributed by atoms with Crippen LogP contribution in [0.1, 0.15) is 12.5 Å². The van der Waals surface area contributed by atoms with Crippen molar-refractivity contribution in [2.45, 2.75) is 13.3 Å². The van der Waals surface area contributed by atoms with E-state index < -0.39 is 0 Å². The molecule has 74 valence electrons. The lowest BCUT2D eigenvalue weighted by Crippen LogP contribution is -2.06. The fourth-order valence-corrected chi connectivity index (χ4v) is 1.07. The maximum absolute atomic E-state index is 10.6. The van der Waals surface area contributed by atoms with E-state index in [0.717, 1.165) is 12.2 Å². The number of carbonyl (C=O) groups is 1. The van der Waals surface area contributed by atoms with Crippen molar-refractivity contribution in [1.29, 1.82) is 0 Å². The van der Waals surface area contributed by atoms with Crippen LogP contribution in [0.4, 0.5) is 0 Å². The van der Waals surface area contributed by atoms with Gasteiger partial charge in [0.15, 0.2) is 5.78 Å². The molecule has 0 aliphatic heterocycles. The van der Waals surface area contributed by atoms with E-state index in [1.54, 1.807) is 0 Å². The molecule has 2 heteroatoms. The Kier molecular flexibility index (Phi) is 3.92. The van der Waals surface area contributed by atoms with Crippen LogP contribution in [0.3, 0.4) is 0 Å². The van der Waals surface area contributed by atoms with Crippen LogP contribution in [0.5, 0.6) is 5.75 Å². The predicted octanol–water partition coefficient (Wildman–Crippen LogP) is 2.38. The van der Waals surface area contributed by atoms with Gasteiger partial charge < -0.3 is 4.74 Å². The molecule has 0 saturated heterocycles. The summed E-state index contributed by atoms with van der Waals surface area (Å²) in [5, 5.41) is 0. The summed E-state index contributed by atoms with van der Waals surface area (Å²) in [7, 11) is 0. The van der Waals surface area contributed by atoms with Gasteiger partial charge in [0.05, 0.1) is 0 Å². The molecule has 14 heavy (non-hydrogen) atoms. The highest BCUT2D eigenvalue weighted by atomic mass is 16.5. The molecule has 0 spiro atoms. The smallest absolute Gasteiger partial charge is 0.167 e. The lowest BCUT2D eigenvalue weighted by atomic mass is 10.1. The first-order valence-electron chi connectivity index (χ1n) is 4.54. The summed E-state index contributed by atoms with van der Waals surface area (Å²) < 4.78 is 5.23. The second-order valence-electron chi connectivity index (χ2n) is 3.13. The molecule has 0 N–H and O–H groups in total. The van der Waals surface area contributed by atoms with E-state index in [2.05, 4.69) is 6.58 Å². The molecule has 1 aromatic rings. The molecule has 0 saturated carbocycles. The van der Waals surface area contributed by atoms with Crippen LogP contribution >= 0.6 is 0 Å². The standard InChI is InChI=1S/C12H14O2/c1-3-4-11-5-7-12(8-6-11)14-9-10(2)13/h3,5-8H,1,4,9H2,2H3. The first-order valence-corrected chi connectivity index (χ1v) is 4.54. The van der Waals surface area contributed by atoms with E-state index in [-0.39, 0.29) is 12.4 Å². The molecule has 0 radical (unpaired) electrons. The largest absolute Gasteiger partial charge is 0.486 e. The summed E-state index contributed by atoms with van der Waals surface area (Å²) in [4.78, 5) is 10.6. The fourth-order valence-electron chi connectivity index (χ4n) is 1.07. The number of benzene rings is 1. The third kappa shape index (κ3) is 3.44. The van der Waals surface area contributed by atoms with Crippen LogP contribution in [0, 0.1) is 0 Å². The topological polar surface area (TPSA) is 26.3 Å². The molecule has 0 unspecified atom stereocenters. The number of carbonyl (C=O) groups excluding carboxylic acids is 1. The van der Waals surface area contributed by atoms with Gasteiger partial charge in [0, 0.05) is 0 Å². The summed E-state index contributed by atoms with van der Waals surface area (Å²) in [5.74, 6) is 0.758. The van der Waals surface area contributed by atoms with Crippen molar-refractivity contribution in [2.75, 3.05) is 6.61 Å². The van der Waals surface area contributed by atoms with Crippen LogP contribution in [-0.4, -0.2) is 12.4 Å². The molecule has 0 aliphatic carbocycles. The number of hydrogen-bond donors (Lipinski definition) is 0. The molecule has 1 aromatic carbocycles. The third-order valence-corrected chi connectivity index (χ3v) is 1.75. The molecule has 0 aromatic heterocycles. The maximum atomic E-state index is 10.6. The summed E-state index contributed by atoms with van der Waals surface area (Å²) in [5.41, 5.74) is 1.19.